The molecule has 0 unspecified atom stereocenters. The first kappa shape index (κ1) is 46.4. The predicted molar refractivity (Wildman–Crippen MR) is 220 cm³/mol. The van der Waals surface area contributed by atoms with Gasteiger partial charge in [0, 0.05) is 13.1 Å². The van der Waals surface area contributed by atoms with Gasteiger partial charge in [-0.3, -0.25) is 14.4 Å². The van der Waals surface area contributed by atoms with Gasteiger partial charge in [-0.15, -0.1) is 22.7 Å². The molecule has 4 rings (SSSR count). The van der Waals surface area contributed by atoms with Crippen molar-refractivity contribution in [2.24, 2.45) is 0 Å². The number of phenols is 2. The first-order valence-electron chi connectivity index (χ1n) is 18.2. The second-order valence-corrected chi connectivity index (χ2v) is 16.6. The zero-order valence-electron chi connectivity index (χ0n) is 33.6. The van der Waals surface area contributed by atoms with Gasteiger partial charge in [0.2, 0.25) is 0 Å². The van der Waals surface area contributed by atoms with Gasteiger partial charge in [0.05, 0.1) is 28.3 Å². The number of carbonyl (C=O) groups excluding carboxylic acids is 5. The Morgan fingerprint density at radius 3 is 1.55 bits per heavy atom. The van der Waals surface area contributed by atoms with Gasteiger partial charge in [-0.2, -0.15) is 0 Å². The van der Waals surface area contributed by atoms with Crippen LogP contribution in [0.5, 0.6) is 11.5 Å². The van der Waals surface area contributed by atoms with E-state index in [4.69, 9.17) is 9.47 Å². The number of hydrogen-bond donors (Lipinski definition) is 7. The van der Waals surface area contributed by atoms with Crippen LogP contribution >= 0.6 is 22.7 Å². The van der Waals surface area contributed by atoms with E-state index in [9.17, 15) is 44.1 Å². The number of nitrogens with one attached hydrogen (secondary N) is 4. The fourth-order valence-corrected chi connectivity index (χ4v) is 7.37. The second-order valence-electron chi connectivity index (χ2n) is 14.5. The molecule has 0 aliphatic heterocycles. The molecule has 17 heteroatoms. The second kappa shape index (κ2) is 21.0. The molecule has 0 aliphatic rings. The smallest absolute Gasteiger partial charge is 0.407 e. The van der Waals surface area contributed by atoms with Gasteiger partial charge >= 0.3 is 18.0 Å². The molecule has 7 N–H and O–H groups in total. The molecule has 2 aromatic heterocycles. The normalized spacial score (nSPS) is 11.5. The number of carboxylic acid groups (broad SMARTS) is 1. The van der Waals surface area contributed by atoms with Crippen molar-refractivity contribution in [1.82, 2.24) is 21.3 Å². The summed E-state index contributed by atoms with van der Waals surface area (Å²) in [6.45, 7) is 12.9. The highest BCUT2D eigenvalue weighted by atomic mass is 32.1. The lowest BCUT2D eigenvalue weighted by atomic mass is 10.0. The lowest BCUT2D eigenvalue weighted by Gasteiger charge is -2.21. The third-order valence-electron chi connectivity index (χ3n) is 7.98. The Bertz CT molecular complexity index is 2100. The summed E-state index contributed by atoms with van der Waals surface area (Å²) in [5.41, 5.74) is 2.08. The molecule has 4 amide bonds. The van der Waals surface area contributed by atoms with E-state index < -0.39 is 35.6 Å². The third-order valence-corrected chi connectivity index (χ3v) is 10.3. The molecule has 0 spiro atoms. The number of aromatic carboxylic acids is 1. The van der Waals surface area contributed by atoms with E-state index >= 15 is 0 Å². The molecule has 0 saturated carbocycles. The molecule has 312 valence electrons. The van der Waals surface area contributed by atoms with Gasteiger partial charge in [-0.25, -0.2) is 14.4 Å². The van der Waals surface area contributed by atoms with E-state index in [1.54, 1.807) is 75.4 Å². The quantitative estimate of drug-likeness (QED) is 0.0677. The molecule has 15 nitrogen and oxygen atoms in total. The number of carboxylic acids is 1. The number of aromatic hydroxyl groups is 2. The van der Waals surface area contributed by atoms with Gasteiger partial charge in [0.25, 0.3) is 17.7 Å². The molecule has 2 aromatic carbocycles. The average molecular weight is 839 g/mol. The summed E-state index contributed by atoms with van der Waals surface area (Å²) in [6, 6.07) is 15.3. The Labute approximate surface area is 344 Å². The Morgan fingerprint density at radius 2 is 1.16 bits per heavy atom. The molecule has 2 heterocycles. The van der Waals surface area contributed by atoms with Crippen LogP contribution in [0.2, 0.25) is 0 Å². The summed E-state index contributed by atoms with van der Waals surface area (Å²) >= 11 is 1.98. The van der Waals surface area contributed by atoms with Gasteiger partial charge in [-0.1, -0.05) is 52.0 Å². The van der Waals surface area contributed by atoms with Crippen LogP contribution in [0, 0.1) is 0 Å². The maximum absolute atomic E-state index is 13.1. The van der Waals surface area contributed by atoms with Crippen LogP contribution in [0.1, 0.15) is 121 Å². The maximum atomic E-state index is 13.1. The first-order chi connectivity index (χ1) is 27.2. The molecule has 0 aliphatic carbocycles. The number of rotatable bonds is 14. The van der Waals surface area contributed by atoms with Crippen molar-refractivity contribution < 1.29 is 53.6 Å². The van der Waals surface area contributed by atoms with Crippen LogP contribution in [0.3, 0.4) is 0 Å². The first-order valence-corrected chi connectivity index (χ1v) is 19.8. The molecule has 0 saturated heterocycles. The van der Waals surface area contributed by atoms with Gasteiger partial charge in [0.15, 0.2) is 0 Å². The van der Waals surface area contributed by atoms with Crippen molar-refractivity contribution in [2.45, 2.75) is 85.0 Å². The lowest BCUT2D eigenvalue weighted by Crippen LogP contribution is -2.49. The molecule has 0 radical (unpaired) electrons. The summed E-state index contributed by atoms with van der Waals surface area (Å²) in [5.74, 6) is -2.83. The maximum Gasteiger partial charge on any atom is 0.407 e. The Kier molecular flexibility index (Phi) is 16.8. The summed E-state index contributed by atoms with van der Waals surface area (Å²) < 4.78 is 9.92. The number of thiophene rings is 2. The number of amides is 4. The topological polar surface area (TPSA) is 230 Å². The van der Waals surface area contributed by atoms with E-state index in [2.05, 4.69) is 21.3 Å². The van der Waals surface area contributed by atoms with E-state index in [1.807, 2.05) is 27.7 Å². The van der Waals surface area contributed by atoms with Gasteiger partial charge in [0.1, 0.15) is 28.0 Å². The van der Waals surface area contributed by atoms with E-state index in [-0.39, 0.29) is 64.5 Å². The number of methoxy groups -OCH3 is 1. The third kappa shape index (κ3) is 14.2. The number of carbonyl (C=O) groups is 6. The SMILES string of the molecule is CC(C)c1cc(C(=O)NCc2cccc(O)c2)sc1C(=O)O.COC(=O)[C@H](CNC(=O)OC(C)(C)C)NC(=O)c1sc(C(=O)NCc2cccc(O)c2)cc1C(C)C. The summed E-state index contributed by atoms with van der Waals surface area (Å²) in [7, 11) is 1.18. The lowest BCUT2D eigenvalue weighted by molar-refractivity contribution is -0.142. The molecule has 0 fully saturated rings. The van der Waals surface area contributed by atoms with E-state index in [0.717, 1.165) is 33.8 Å². The Balaban J connectivity index is 0.000000348. The van der Waals surface area contributed by atoms with Crippen molar-refractivity contribution >= 4 is 58.4 Å². The minimum Gasteiger partial charge on any atom is -0.508 e. The van der Waals surface area contributed by atoms with Gasteiger partial charge in [-0.05, 0) is 91.3 Å². The zero-order chi connectivity index (χ0) is 43.3. The highest BCUT2D eigenvalue weighted by Gasteiger charge is 2.28. The molecular formula is C41H50N4O11S2. The fraction of sp³-hybridized carbons (Fsp3) is 0.366. The minimum absolute atomic E-state index is 0.0370. The molecular weight excluding hydrogens is 789 g/mol. The van der Waals surface area contributed by atoms with Crippen LogP contribution in [0.15, 0.2) is 60.7 Å². The van der Waals surface area contributed by atoms with Crippen LogP contribution in [0.4, 0.5) is 4.79 Å². The van der Waals surface area contributed by atoms with Crippen molar-refractivity contribution in [3.63, 3.8) is 0 Å². The highest BCUT2D eigenvalue weighted by molar-refractivity contribution is 7.16. The van der Waals surface area contributed by atoms with Crippen molar-refractivity contribution in [3.05, 3.63) is 102 Å². The minimum atomic E-state index is -1.17. The van der Waals surface area contributed by atoms with Crippen molar-refractivity contribution in [1.29, 1.82) is 0 Å². The van der Waals surface area contributed by atoms with Crippen LogP contribution in [0.25, 0.3) is 0 Å². The zero-order valence-corrected chi connectivity index (χ0v) is 35.2. The highest BCUT2D eigenvalue weighted by Crippen LogP contribution is 2.30. The number of alkyl carbamates (subject to hydrolysis) is 1. The average Bonchev–Trinajstić information content (AvgIpc) is 3.81. The number of benzene rings is 2. The number of phenolic OH excluding ortho intramolecular Hbond substituents is 2. The number of ether oxygens (including phenoxy) is 2. The number of esters is 1. The largest absolute Gasteiger partial charge is 0.508 e. The summed E-state index contributed by atoms with van der Waals surface area (Å²) in [4.78, 5) is 74.7. The van der Waals surface area contributed by atoms with Gasteiger partial charge < -0.3 is 46.1 Å². The Hall–Kier alpha value is -5.94. The molecule has 1 atom stereocenters. The van der Waals surface area contributed by atoms with Crippen LogP contribution in [-0.2, 0) is 27.4 Å². The summed E-state index contributed by atoms with van der Waals surface area (Å²) in [5, 5.41) is 38.7. The monoisotopic (exact) mass is 838 g/mol. The molecule has 58 heavy (non-hydrogen) atoms. The number of hydrogen-bond acceptors (Lipinski definition) is 12. The van der Waals surface area contributed by atoms with Crippen molar-refractivity contribution in [3.8, 4) is 11.5 Å². The van der Waals surface area contributed by atoms with Crippen LogP contribution < -0.4 is 21.3 Å². The predicted octanol–water partition coefficient (Wildman–Crippen LogP) is 6.51. The standard InChI is InChI=1S/C25H33N3O7S.C16H17NO4S/c1-14(2)17-11-19(21(30)26-12-15-8-7-9-16(29)10-15)36-20(17)22(31)28-18(23(32)34-6)13-27-24(33)35-25(3,4)5;1-9(2)12-7-13(22-14(12)16(20)21)15(19)17-8-10-4-3-5-11(18)6-10/h7-11,14,18,29H,12-13H2,1-6H3,(H,26,30)(H,27,33)(H,28,31);3-7,9,18H,8H2,1-2H3,(H,17,19)(H,20,21)/t18-;/m0./s1. The fourth-order valence-electron chi connectivity index (χ4n) is 5.17. The van der Waals surface area contributed by atoms with Crippen molar-refractivity contribution in [2.75, 3.05) is 13.7 Å². The van der Waals surface area contributed by atoms with E-state index in [1.165, 1.54) is 13.2 Å². The Morgan fingerprint density at radius 1 is 0.690 bits per heavy atom. The molecule has 4 aromatic rings. The molecule has 0 bridgehead atoms. The summed E-state index contributed by atoms with van der Waals surface area (Å²) in [6.07, 6.45) is -0.740. The van der Waals surface area contributed by atoms with E-state index in [0.29, 0.717) is 20.9 Å². The van der Waals surface area contributed by atoms with Crippen LogP contribution in [-0.4, -0.2) is 76.4 Å².